The maximum atomic E-state index is 12.5. The first-order valence-electron chi connectivity index (χ1n) is 7.12. The van der Waals surface area contributed by atoms with E-state index in [2.05, 4.69) is 10.2 Å². The number of piperazine rings is 1. The summed E-state index contributed by atoms with van der Waals surface area (Å²) in [6, 6.07) is 3.50. The van der Waals surface area contributed by atoms with Crippen LogP contribution in [0.1, 0.15) is 10.5 Å². The molecule has 0 aromatic carbocycles. The Morgan fingerprint density at radius 1 is 1.29 bits per heavy atom. The van der Waals surface area contributed by atoms with Crippen molar-refractivity contribution in [2.45, 2.75) is 6.04 Å². The largest absolute Gasteiger partial charge is 0.358 e. The molecule has 0 bridgehead atoms. The van der Waals surface area contributed by atoms with Crippen molar-refractivity contribution in [1.29, 1.82) is 0 Å². The van der Waals surface area contributed by atoms with Crippen molar-refractivity contribution in [2.75, 3.05) is 39.3 Å². The smallest absolute Gasteiger partial charge is 0.323 e. The number of hydrogen-bond donors (Lipinski definition) is 1. The Bertz CT molecular complexity index is 558. The number of nitrogens with zero attached hydrogens (tertiary/aromatic N) is 4. The van der Waals surface area contributed by atoms with Gasteiger partial charge >= 0.3 is 5.82 Å². The number of nitrogens with one attached hydrogen (secondary N) is 1. The predicted molar refractivity (Wildman–Crippen MR) is 76.2 cm³/mol. The van der Waals surface area contributed by atoms with Crippen molar-refractivity contribution in [2.24, 2.45) is 7.05 Å². The Kier molecular flexibility index (Phi) is 3.64. The van der Waals surface area contributed by atoms with Crippen molar-refractivity contribution in [1.82, 2.24) is 19.7 Å². The lowest BCUT2D eigenvalue weighted by atomic mass is 10.1. The van der Waals surface area contributed by atoms with Crippen LogP contribution in [0.2, 0.25) is 0 Å². The second kappa shape index (κ2) is 5.45. The summed E-state index contributed by atoms with van der Waals surface area (Å²) >= 11 is 0. The number of carbonyl (C=O) groups is 1. The zero-order valence-corrected chi connectivity index (χ0v) is 12.0. The number of aromatic nitrogens is 1. The minimum absolute atomic E-state index is 0.0578. The topological polar surface area (TPSA) is 83.7 Å². The van der Waals surface area contributed by atoms with E-state index in [0.29, 0.717) is 24.8 Å². The first kappa shape index (κ1) is 14.0. The van der Waals surface area contributed by atoms with Crippen LogP contribution < -0.4 is 5.32 Å². The molecule has 0 aliphatic carbocycles. The van der Waals surface area contributed by atoms with Crippen LogP contribution in [0.4, 0.5) is 5.82 Å². The van der Waals surface area contributed by atoms with Crippen molar-refractivity contribution in [3.63, 3.8) is 0 Å². The molecule has 0 atom stereocenters. The van der Waals surface area contributed by atoms with Gasteiger partial charge in [-0.2, -0.15) is 0 Å². The quantitative estimate of drug-likeness (QED) is 0.609. The molecule has 1 N–H and O–H groups in total. The van der Waals surface area contributed by atoms with E-state index >= 15 is 0 Å². The van der Waals surface area contributed by atoms with Gasteiger partial charge in [-0.25, -0.2) is 4.57 Å². The van der Waals surface area contributed by atoms with E-state index in [1.54, 1.807) is 11.9 Å². The highest BCUT2D eigenvalue weighted by Gasteiger charge is 2.31. The predicted octanol–water partition coefficient (Wildman–Crippen LogP) is -0.337. The Balaban J connectivity index is 1.65. The fraction of sp³-hybridized carbons (Fsp3) is 0.615. The van der Waals surface area contributed by atoms with Gasteiger partial charge < -0.3 is 20.3 Å². The van der Waals surface area contributed by atoms with Gasteiger partial charge in [0.15, 0.2) is 5.69 Å². The third kappa shape index (κ3) is 2.52. The van der Waals surface area contributed by atoms with Crippen LogP contribution in [0.15, 0.2) is 12.1 Å². The van der Waals surface area contributed by atoms with Gasteiger partial charge in [0.2, 0.25) is 0 Å². The molecular formula is C13H19N5O3. The van der Waals surface area contributed by atoms with Crippen LogP contribution in [-0.4, -0.2) is 70.5 Å². The van der Waals surface area contributed by atoms with Crippen molar-refractivity contribution in [3.8, 4) is 0 Å². The summed E-state index contributed by atoms with van der Waals surface area (Å²) < 4.78 is 1.35. The van der Waals surface area contributed by atoms with Crippen LogP contribution in [0.3, 0.4) is 0 Å². The average Bonchev–Trinajstić information content (AvgIpc) is 2.79. The summed E-state index contributed by atoms with van der Waals surface area (Å²) in [5, 5.41) is 14.1. The van der Waals surface area contributed by atoms with Crippen LogP contribution in [0.25, 0.3) is 0 Å². The highest BCUT2D eigenvalue weighted by atomic mass is 16.6. The molecule has 2 fully saturated rings. The van der Waals surface area contributed by atoms with Gasteiger partial charge in [-0.3, -0.25) is 9.69 Å². The lowest BCUT2D eigenvalue weighted by molar-refractivity contribution is -0.391. The standard InChI is InChI=1S/C13H19N5O3/c1-15-11(2-3-12(15)18(20)21)13(19)17-6-4-16(5-7-17)10-8-14-9-10/h2-3,10,14H,4-9H2,1H3. The molecule has 1 amide bonds. The normalized spacial score (nSPS) is 20.3. The molecule has 8 nitrogen and oxygen atoms in total. The maximum absolute atomic E-state index is 12.5. The minimum atomic E-state index is -0.474. The fourth-order valence-corrected chi connectivity index (χ4v) is 2.88. The van der Waals surface area contributed by atoms with Gasteiger partial charge in [0, 0.05) is 51.4 Å². The first-order valence-corrected chi connectivity index (χ1v) is 7.12. The lowest BCUT2D eigenvalue weighted by Crippen LogP contribution is -2.62. The van der Waals surface area contributed by atoms with Gasteiger partial charge in [-0.15, -0.1) is 0 Å². The third-order valence-electron chi connectivity index (χ3n) is 4.38. The summed E-state index contributed by atoms with van der Waals surface area (Å²) in [5.41, 5.74) is 0.375. The second-order valence-corrected chi connectivity index (χ2v) is 5.53. The van der Waals surface area contributed by atoms with E-state index in [0.717, 1.165) is 26.2 Å². The summed E-state index contributed by atoms with van der Waals surface area (Å²) in [7, 11) is 1.56. The lowest BCUT2D eigenvalue weighted by Gasteiger charge is -2.43. The fourth-order valence-electron chi connectivity index (χ4n) is 2.88. The van der Waals surface area contributed by atoms with E-state index in [9.17, 15) is 14.9 Å². The Morgan fingerprint density at radius 3 is 2.43 bits per heavy atom. The molecule has 3 heterocycles. The highest BCUT2D eigenvalue weighted by molar-refractivity contribution is 5.93. The molecule has 0 unspecified atom stereocenters. The Hall–Kier alpha value is -1.93. The van der Waals surface area contributed by atoms with Crippen LogP contribution in [0, 0.1) is 10.1 Å². The van der Waals surface area contributed by atoms with Gasteiger partial charge in [-0.05, 0) is 11.0 Å². The van der Waals surface area contributed by atoms with Crippen molar-refractivity contribution >= 4 is 11.7 Å². The van der Waals surface area contributed by atoms with E-state index < -0.39 is 4.92 Å². The van der Waals surface area contributed by atoms with Gasteiger partial charge in [0.05, 0.1) is 7.05 Å². The zero-order chi connectivity index (χ0) is 15.0. The number of nitro groups is 1. The monoisotopic (exact) mass is 293 g/mol. The summed E-state index contributed by atoms with van der Waals surface area (Å²) in [6.07, 6.45) is 0. The molecule has 8 heteroatoms. The molecule has 2 aliphatic heterocycles. The van der Waals surface area contributed by atoms with Gasteiger partial charge in [0.25, 0.3) is 5.91 Å². The van der Waals surface area contributed by atoms with Crippen molar-refractivity contribution < 1.29 is 9.72 Å². The average molecular weight is 293 g/mol. The molecule has 21 heavy (non-hydrogen) atoms. The van der Waals surface area contributed by atoms with Crippen LogP contribution in [-0.2, 0) is 7.05 Å². The second-order valence-electron chi connectivity index (χ2n) is 5.53. The third-order valence-corrected chi connectivity index (χ3v) is 4.38. The molecule has 2 saturated heterocycles. The molecule has 2 aliphatic rings. The molecule has 0 saturated carbocycles. The van der Waals surface area contributed by atoms with Gasteiger partial charge in [-0.1, -0.05) is 0 Å². The number of carbonyl (C=O) groups excluding carboxylic acids is 1. The van der Waals surface area contributed by atoms with Gasteiger partial charge in [0.1, 0.15) is 0 Å². The van der Waals surface area contributed by atoms with E-state index in [1.807, 2.05) is 0 Å². The molecule has 1 aromatic rings. The van der Waals surface area contributed by atoms with Crippen LogP contribution >= 0.6 is 0 Å². The molecule has 0 spiro atoms. The molecule has 0 radical (unpaired) electrons. The summed E-state index contributed by atoms with van der Waals surface area (Å²) in [6.45, 7) is 5.13. The van der Waals surface area contributed by atoms with E-state index in [1.165, 1.54) is 16.7 Å². The zero-order valence-electron chi connectivity index (χ0n) is 12.0. The maximum Gasteiger partial charge on any atom is 0.323 e. The van der Waals surface area contributed by atoms with Crippen molar-refractivity contribution in [3.05, 3.63) is 27.9 Å². The Morgan fingerprint density at radius 2 is 1.95 bits per heavy atom. The van der Waals surface area contributed by atoms with E-state index in [-0.39, 0.29) is 11.7 Å². The summed E-state index contributed by atoms with van der Waals surface area (Å²) in [4.78, 5) is 27.0. The molecule has 3 rings (SSSR count). The number of hydrogen-bond acceptors (Lipinski definition) is 5. The highest BCUT2D eigenvalue weighted by Crippen LogP contribution is 2.18. The van der Waals surface area contributed by atoms with Crippen LogP contribution in [0.5, 0.6) is 0 Å². The minimum Gasteiger partial charge on any atom is -0.358 e. The Labute approximate surface area is 122 Å². The summed E-state index contributed by atoms with van der Waals surface area (Å²) in [5.74, 6) is -0.186. The number of amides is 1. The first-order chi connectivity index (χ1) is 10.1. The molecule has 114 valence electrons. The molecular weight excluding hydrogens is 274 g/mol. The van der Waals surface area contributed by atoms with E-state index in [4.69, 9.17) is 0 Å². The molecule has 1 aromatic heterocycles. The SMILES string of the molecule is Cn1c(C(=O)N2CCN(C3CNC3)CC2)ccc1[N+](=O)[O-]. The number of rotatable bonds is 3.